The summed E-state index contributed by atoms with van der Waals surface area (Å²) in [5, 5.41) is 4.60. The van der Waals surface area contributed by atoms with Gasteiger partial charge in [0.25, 0.3) is 0 Å². The number of hydrogen-bond donors (Lipinski definition) is 0. The van der Waals surface area contributed by atoms with Gasteiger partial charge in [0, 0.05) is 24.2 Å². The summed E-state index contributed by atoms with van der Waals surface area (Å²) in [6.07, 6.45) is 8.85. The predicted octanol–water partition coefficient (Wildman–Crippen LogP) is 4.87. The van der Waals surface area contributed by atoms with E-state index in [2.05, 4.69) is 15.1 Å². The van der Waals surface area contributed by atoms with E-state index in [9.17, 15) is 8.78 Å². The van der Waals surface area contributed by atoms with E-state index in [1.165, 1.54) is 0 Å². The fourth-order valence-electron chi connectivity index (χ4n) is 4.31. The number of aryl methyl sites for hydroxylation is 2. The van der Waals surface area contributed by atoms with Crippen molar-refractivity contribution in [2.45, 2.75) is 38.8 Å². The standard InChI is InChI=1S/C25H24F2N6O2/c1-16-14-32(15-28-16)20-11-9-17(29-24(20)34-2)10-12-22-30-23-19(7-5-13-33(23)31-22)18-6-3-4-8-21(18)35-25(26)27/h3-4,6,8-12,14-15,19,25H,5,7,13H2,1-2H3. The van der Waals surface area contributed by atoms with Crippen molar-refractivity contribution in [1.29, 1.82) is 0 Å². The van der Waals surface area contributed by atoms with Crippen LogP contribution in [0.4, 0.5) is 8.78 Å². The number of benzene rings is 1. The van der Waals surface area contributed by atoms with E-state index in [1.54, 1.807) is 31.6 Å². The average molecular weight is 479 g/mol. The molecule has 5 rings (SSSR count). The molecular formula is C25H24F2N6O2. The molecule has 1 atom stereocenters. The van der Waals surface area contributed by atoms with Gasteiger partial charge in [0.05, 0.1) is 24.8 Å². The van der Waals surface area contributed by atoms with Crippen LogP contribution >= 0.6 is 0 Å². The van der Waals surface area contributed by atoms with E-state index >= 15 is 0 Å². The SMILES string of the molecule is COc1nc(C=Cc2nc3n(n2)CCCC3c2ccccc2OC(F)F)ccc1-n1cnc(C)c1. The van der Waals surface area contributed by atoms with Gasteiger partial charge >= 0.3 is 6.61 Å². The summed E-state index contributed by atoms with van der Waals surface area (Å²) in [6.45, 7) is -0.250. The maximum Gasteiger partial charge on any atom is 0.387 e. The molecule has 1 aliphatic rings. The van der Waals surface area contributed by atoms with Gasteiger partial charge in [-0.2, -0.15) is 13.9 Å². The molecule has 0 aliphatic carbocycles. The van der Waals surface area contributed by atoms with Gasteiger partial charge in [0.15, 0.2) is 5.82 Å². The zero-order chi connectivity index (χ0) is 24.4. The molecule has 0 saturated heterocycles. The number of alkyl halides is 2. The Labute approximate surface area is 200 Å². The number of para-hydroxylation sites is 1. The van der Waals surface area contributed by atoms with Gasteiger partial charge in [-0.15, -0.1) is 0 Å². The quantitative estimate of drug-likeness (QED) is 0.377. The zero-order valence-electron chi connectivity index (χ0n) is 19.3. The van der Waals surface area contributed by atoms with E-state index in [0.717, 1.165) is 36.6 Å². The van der Waals surface area contributed by atoms with Gasteiger partial charge in [-0.05, 0) is 50.1 Å². The molecule has 3 aromatic heterocycles. The van der Waals surface area contributed by atoms with Gasteiger partial charge < -0.3 is 14.0 Å². The Morgan fingerprint density at radius 3 is 2.74 bits per heavy atom. The lowest BCUT2D eigenvalue weighted by Gasteiger charge is -2.24. The van der Waals surface area contributed by atoms with Crippen LogP contribution in [0, 0.1) is 6.92 Å². The Hall–Kier alpha value is -4.08. The summed E-state index contributed by atoms with van der Waals surface area (Å²) in [4.78, 5) is 13.5. The van der Waals surface area contributed by atoms with E-state index < -0.39 is 6.61 Å². The molecular weight excluding hydrogens is 454 g/mol. The lowest BCUT2D eigenvalue weighted by molar-refractivity contribution is -0.0506. The van der Waals surface area contributed by atoms with Crippen LogP contribution in [-0.2, 0) is 6.54 Å². The molecule has 8 nitrogen and oxygen atoms in total. The lowest BCUT2D eigenvalue weighted by atomic mass is 9.90. The number of halogens is 2. The summed E-state index contributed by atoms with van der Waals surface area (Å²) in [5.41, 5.74) is 3.05. The molecule has 0 radical (unpaired) electrons. The van der Waals surface area contributed by atoms with Crippen molar-refractivity contribution in [3.63, 3.8) is 0 Å². The van der Waals surface area contributed by atoms with Crippen LogP contribution in [0.25, 0.3) is 17.8 Å². The molecule has 4 aromatic rings. The molecule has 0 fully saturated rings. The van der Waals surface area contributed by atoms with Gasteiger partial charge in [-0.1, -0.05) is 18.2 Å². The van der Waals surface area contributed by atoms with Crippen LogP contribution in [0.15, 0.2) is 48.9 Å². The third-order valence-corrected chi connectivity index (χ3v) is 5.85. The van der Waals surface area contributed by atoms with Gasteiger partial charge in [-0.25, -0.2) is 19.6 Å². The topological polar surface area (TPSA) is 79.9 Å². The Bertz CT molecular complexity index is 1360. The van der Waals surface area contributed by atoms with Crippen molar-refractivity contribution < 1.29 is 18.3 Å². The first-order valence-electron chi connectivity index (χ1n) is 11.2. The number of methoxy groups -OCH3 is 1. The van der Waals surface area contributed by atoms with Gasteiger partial charge in [0.2, 0.25) is 5.88 Å². The highest BCUT2D eigenvalue weighted by molar-refractivity contribution is 5.65. The number of hydrogen-bond acceptors (Lipinski definition) is 6. The highest BCUT2D eigenvalue weighted by atomic mass is 19.3. The summed E-state index contributed by atoms with van der Waals surface area (Å²) in [7, 11) is 1.57. The van der Waals surface area contributed by atoms with Crippen molar-refractivity contribution in [3.05, 3.63) is 77.5 Å². The normalized spacial score (nSPS) is 15.5. The summed E-state index contributed by atoms with van der Waals surface area (Å²) >= 11 is 0. The fourth-order valence-corrected chi connectivity index (χ4v) is 4.31. The average Bonchev–Trinajstić information content (AvgIpc) is 3.48. The minimum absolute atomic E-state index is 0.172. The van der Waals surface area contributed by atoms with Crippen molar-refractivity contribution in [2.75, 3.05) is 7.11 Å². The third-order valence-electron chi connectivity index (χ3n) is 5.85. The van der Waals surface area contributed by atoms with Gasteiger partial charge in [-0.3, -0.25) is 0 Å². The second-order valence-corrected chi connectivity index (χ2v) is 8.18. The molecule has 0 spiro atoms. The predicted molar refractivity (Wildman–Crippen MR) is 126 cm³/mol. The molecule has 1 unspecified atom stereocenters. The first-order valence-corrected chi connectivity index (χ1v) is 11.2. The maximum atomic E-state index is 12.9. The molecule has 4 heterocycles. The number of pyridine rings is 1. The Balaban J connectivity index is 1.41. The molecule has 0 bridgehead atoms. The Kier molecular flexibility index (Phi) is 6.26. The number of rotatable bonds is 7. The Morgan fingerprint density at radius 1 is 1.11 bits per heavy atom. The van der Waals surface area contributed by atoms with Crippen LogP contribution in [0.2, 0.25) is 0 Å². The zero-order valence-corrected chi connectivity index (χ0v) is 19.3. The summed E-state index contributed by atoms with van der Waals surface area (Å²) in [6, 6.07) is 10.7. The smallest absolute Gasteiger partial charge is 0.387 e. The molecule has 1 aromatic carbocycles. The molecule has 35 heavy (non-hydrogen) atoms. The third kappa shape index (κ3) is 4.77. The molecule has 10 heteroatoms. The number of imidazole rings is 1. The molecule has 1 aliphatic heterocycles. The highest BCUT2D eigenvalue weighted by Gasteiger charge is 2.28. The van der Waals surface area contributed by atoms with E-state index in [1.807, 2.05) is 52.7 Å². The van der Waals surface area contributed by atoms with Crippen molar-refractivity contribution in [1.82, 2.24) is 29.3 Å². The van der Waals surface area contributed by atoms with Crippen molar-refractivity contribution >= 4 is 12.2 Å². The highest BCUT2D eigenvalue weighted by Crippen LogP contribution is 2.37. The number of aromatic nitrogens is 6. The molecule has 0 saturated carbocycles. The monoisotopic (exact) mass is 478 g/mol. The first kappa shape index (κ1) is 22.7. The molecule has 0 amide bonds. The molecule has 0 N–H and O–H groups in total. The van der Waals surface area contributed by atoms with Crippen LogP contribution in [0.1, 0.15) is 47.4 Å². The Morgan fingerprint density at radius 2 is 1.97 bits per heavy atom. The summed E-state index contributed by atoms with van der Waals surface area (Å²) in [5.74, 6) is 1.72. The lowest BCUT2D eigenvalue weighted by Crippen LogP contribution is -2.19. The van der Waals surface area contributed by atoms with Crippen LogP contribution in [0.3, 0.4) is 0 Å². The minimum Gasteiger partial charge on any atom is -0.479 e. The fraction of sp³-hybridized carbons (Fsp3) is 0.280. The van der Waals surface area contributed by atoms with Crippen LogP contribution in [-0.4, -0.2) is 43.0 Å². The van der Waals surface area contributed by atoms with E-state index in [-0.39, 0.29) is 11.7 Å². The van der Waals surface area contributed by atoms with Crippen LogP contribution < -0.4 is 9.47 Å². The van der Waals surface area contributed by atoms with E-state index in [0.29, 0.717) is 23.0 Å². The van der Waals surface area contributed by atoms with Crippen molar-refractivity contribution in [3.8, 4) is 17.3 Å². The second-order valence-electron chi connectivity index (χ2n) is 8.18. The number of ether oxygens (including phenoxy) is 2. The largest absolute Gasteiger partial charge is 0.479 e. The number of nitrogens with zero attached hydrogens (tertiary/aromatic N) is 6. The van der Waals surface area contributed by atoms with Crippen LogP contribution in [0.5, 0.6) is 11.6 Å². The first-order chi connectivity index (χ1) is 17.0. The van der Waals surface area contributed by atoms with Crippen molar-refractivity contribution in [2.24, 2.45) is 0 Å². The number of fused-ring (bicyclic) bond motifs is 1. The summed E-state index contributed by atoms with van der Waals surface area (Å²) < 4.78 is 39.8. The molecule has 180 valence electrons. The minimum atomic E-state index is -2.88. The second kappa shape index (κ2) is 9.65. The van der Waals surface area contributed by atoms with Gasteiger partial charge in [0.1, 0.15) is 17.3 Å². The maximum absolute atomic E-state index is 12.9. The van der Waals surface area contributed by atoms with E-state index in [4.69, 9.17) is 14.5 Å².